The first-order chi connectivity index (χ1) is 13.1. The Hall–Kier alpha value is -2.63. The van der Waals surface area contributed by atoms with Crippen LogP contribution in [-0.2, 0) is 16.1 Å². The van der Waals surface area contributed by atoms with E-state index < -0.39 is 11.7 Å². The van der Waals surface area contributed by atoms with Gasteiger partial charge in [-0.25, -0.2) is 0 Å². The van der Waals surface area contributed by atoms with E-state index in [1.54, 1.807) is 11.1 Å². The molecule has 0 unspecified atom stereocenters. The number of para-hydroxylation sites is 1. The summed E-state index contributed by atoms with van der Waals surface area (Å²) in [5.41, 5.74) is 2.43. The standard InChI is InChI=1S/C21H19ClN2O3/c22-16-7-5-15(6-8-16)13-24-14-18(17-3-1-2-4-19(17)24)20(25)21(26)23-9-11-27-12-10-23/h1-8,14H,9-13H2. The van der Waals surface area contributed by atoms with Crippen LogP contribution in [0.2, 0.25) is 5.02 Å². The van der Waals surface area contributed by atoms with Gasteiger partial charge in [0.05, 0.1) is 18.8 Å². The third-order valence-electron chi connectivity index (χ3n) is 4.79. The lowest BCUT2D eigenvalue weighted by atomic mass is 10.1. The molecule has 1 saturated heterocycles. The number of ether oxygens (including phenoxy) is 1. The zero-order chi connectivity index (χ0) is 18.8. The topological polar surface area (TPSA) is 51.5 Å². The number of hydrogen-bond donors (Lipinski definition) is 0. The van der Waals surface area contributed by atoms with Gasteiger partial charge in [-0.1, -0.05) is 41.9 Å². The molecule has 0 spiro atoms. The van der Waals surface area contributed by atoms with Crippen molar-refractivity contribution in [2.75, 3.05) is 26.3 Å². The minimum absolute atomic E-state index is 0.441. The number of morpholine rings is 1. The Morgan fingerprint density at radius 3 is 2.44 bits per heavy atom. The average molecular weight is 383 g/mol. The summed E-state index contributed by atoms with van der Waals surface area (Å²) < 4.78 is 7.26. The molecule has 1 aliphatic heterocycles. The summed E-state index contributed by atoms with van der Waals surface area (Å²) in [7, 11) is 0. The normalized spacial score (nSPS) is 14.5. The van der Waals surface area contributed by atoms with Crippen LogP contribution >= 0.6 is 11.6 Å². The van der Waals surface area contributed by atoms with Crippen molar-refractivity contribution >= 4 is 34.2 Å². The molecule has 2 heterocycles. The Kier molecular flexibility index (Phi) is 4.97. The monoisotopic (exact) mass is 382 g/mol. The van der Waals surface area contributed by atoms with Gasteiger partial charge in [-0.3, -0.25) is 9.59 Å². The molecule has 138 valence electrons. The van der Waals surface area contributed by atoms with Crippen LogP contribution in [0.5, 0.6) is 0 Å². The molecule has 0 radical (unpaired) electrons. The van der Waals surface area contributed by atoms with Gasteiger partial charge in [0.15, 0.2) is 0 Å². The number of Topliss-reactive ketones (excluding diaryl/α,β-unsaturated/α-hetero) is 1. The lowest BCUT2D eigenvalue weighted by Crippen LogP contribution is -2.44. The second kappa shape index (κ2) is 7.55. The van der Waals surface area contributed by atoms with Gasteiger partial charge < -0.3 is 14.2 Å². The van der Waals surface area contributed by atoms with Crippen LogP contribution in [0.25, 0.3) is 10.9 Å². The first kappa shape index (κ1) is 17.8. The Bertz CT molecular complexity index is 988. The first-order valence-electron chi connectivity index (χ1n) is 8.87. The van der Waals surface area contributed by atoms with Crippen molar-refractivity contribution < 1.29 is 14.3 Å². The van der Waals surface area contributed by atoms with E-state index in [0.717, 1.165) is 16.5 Å². The number of ketones is 1. The summed E-state index contributed by atoms with van der Waals surface area (Å²) in [6, 6.07) is 15.3. The summed E-state index contributed by atoms with van der Waals surface area (Å²) in [6.45, 7) is 2.44. The smallest absolute Gasteiger partial charge is 0.295 e. The van der Waals surface area contributed by atoms with Crippen LogP contribution in [0.15, 0.2) is 54.7 Å². The minimum Gasteiger partial charge on any atom is -0.378 e. The number of fused-ring (bicyclic) bond motifs is 1. The van der Waals surface area contributed by atoms with E-state index in [-0.39, 0.29) is 0 Å². The van der Waals surface area contributed by atoms with Crippen molar-refractivity contribution in [1.82, 2.24) is 9.47 Å². The van der Waals surface area contributed by atoms with Crippen molar-refractivity contribution in [2.24, 2.45) is 0 Å². The second-order valence-corrected chi connectivity index (χ2v) is 6.98. The number of halogens is 1. The van der Waals surface area contributed by atoms with E-state index in [9.17, 15) is 9.59 Å². The number of benzene rings is 2. The quantitative estimate of drug-likeness (QED) is 0.513. The third kappa shape index (κ3) is 3.61. The Morgan fingerprint density at radius 2 is 1.70 bits per heavy atom. The molecule has 3 aromatic rings. The Labute approximate surface area is 162 Å². The Balaban J connectivity index is 1.67. The number of carbonyl (C=O) groups is 2. The molecule has 27 heavy (non-hydrogen) atoms. The van der Waals surface area contributed by atoms with E-state index in [4.69, 9.17) is 16.3 Å². The van der Waals surface area contributed by atoms with Crippen LogP contribution in [-0.4, -0.2) is 47.5 Å². The average Bonchev–Trinajstić information content (AvgIpc) is 3.08. The fourth-order valence-electron chi connectivity index (χ4n) is 3.37. The maximum atomic E-state index is 12.9. The van der Waals surface area contributed by atoms with Crippen LogP contribution in [0.4, 0.5) is 0 Å². The van der Waals surface area contributed by atoms with E-state index in [1.165, 1.54) is 0 Å². The summed E-state index contributed by atoms with van der Waals surface area (Å²) >= 11 is 5.96. The van der Waals surface area contributed by atoms with Gasteiger partial charge in [0.2, 0.25) is 0 Å². The SMILES string of the molecule is O=C(C(=O)N1CCOCC1)c1cn(Cc2ccc(Cl)cc2)c2ccccc12. The summed E-state index contributed by atoms with van der Waals surface area (Å²) in [5, 5.41) is 1.47. The zero-order valence-electron chi connectivity index (χ0n) is 14.7. The molecule has 1 aliphatic rings. The van der Waals surface area contributed by atoms with Crippen molar-refractivity contribution in [3.05, 3.63) is 70.9 Å². The maximum Gasteiger partial charge on any atom is 0.295 e. The summed E-state index contributed by atoms with van der Waals surface area (Å²) in [5.74, 6) is -0.935. The van der Waals surface area contributed by atoms with Crippen LogP contribution < -0.4 is 0 Å². The molecule has 0 bridgehead atoms. The molecule has 1 fully saturated rings. The zero-order valence-corrected chi connectivity index (χ0v) is 15.5. The number of rotatable bonds is 4. The maximum absolute atomic E-state index is 12.9. The lowest BCUT2D eigenvalue weighted by molar-refractivity contribution is -0.130. The van der Waals surface area contributed by atoms with Crippen molar-refractivity contribution in [2.45, 2.75) is 6.54 Å². The van der Waals surface area contributed by atoms with Crippen LogP contribution in [0.3, 0.4) is 0 Å². The van der Waals surface area contributed by atoms with E-state index in [1.807, 2.05) is 53.1 Å². The largest absolute Gasteiger partial charge is 0.378 e. The summed E-state index contributed by atoms with van der Waals surface area (Å²) in [4.78, 5) is 27.1. The van der Waals surface area contributed by atoms with Gasteiger partial charge in [-0.05, 0) is 23.8 Å². The van der Waals surface area contributed by atoms with Gasteiger partial charge >= 0.3 is 0 Å². The molecule has 0 saturated carbocycles. The fraction of sp³-hybridized carbons (Fsp3) is 0.238. The third-order valence-corrected chi connectivity index (χ3v) is 5.04. The molecule has 1 aromatic heterocycles. The van der Waals surface area contributed by atoms with Crippen molar-refractivity contribution in [3.63, 3.8) is 0 Å². The van der Waals surface area contributed by atoms with E-state index in [2.05, 4.69) is 0 Å². The highest BCUT2D eigenvalue weighted by molar-refractivity contribution is 6.44. The molecule has 5 nitrogen and oxygen atoms in total. The highest BCUT2D eigenvalue weighted by atomic mass is 35.5. The molecule has 0 aliphatic carbocycles. The van der Waals surface area contributed by atoms with Gasteiger partial charge in [-0.15, -0.1) is 0 Å². The molecule has 6 heteroatoms. The highest BCUT2D eigenvalue weighted by Gasteiger charge is 2.27. The van der Waals surface area contributed by atoms with E-state index >= 15 is 0 Å². The number of hydrogen-bond acceptors (Lipinski definition) is 3. The molecular formula is C21H19ClN2O3. The number of aromatic nitrogens is 1. The Morgan fingerprint density at radius 1 is 1.00 bits per heavy atom. The molecule has 2 aromatic carbocycles. The van der Waals surface area contributed by atoms with Crippen molar-refractivity contribution in [1.29, 1.82) is 0 Å². The highest BCUT2D eigenvalue weighted by Crippen LogP contribution is 2.24. The lowest BCUT2D eigenvalue weighted by Gasteiger charge is -2.25. The number of carbonyl (C=O) groups excluding carboxylic acids is 2. The minimum atomic E-state index is -0.469. The van der Waals surface area contributed by atoms with Gasteiger partial charge in [-0.2, -0.15) is 0 Å². The second-order valence-electron chi connectivity index (χ2n) is 6.55. The van der Waals surface area contributed by atoms with Gasteiger partial charge in [0, 0.05) is 41.8 Å². The molecule has 1 amide bonds. The molecule has 0 atom stereocenters. The summed E-state index contributed by atoms with van der Waals surface area (Å²) in [6.07, 6.45) is 1.78. The van der Waals surface area contributed by atoms with E-state index in [0.29, 0.717) is 43.4 Å². The predicted molar refractivity (Wildman–Crippen MR) is 104 cm³/mol. The van der Waals surface area contributed by atoms with Gasteiger partial charge in [0.1, 0.15) is 0 Å². The number of amides is 1. The fourth-order valence-corrected chi connectivity index (χ4v) is 3.50. The van der Waals surface area contributed by atoms with Crippen LogP contribution in [0, 0.1) is 0 Å². The molecule has 0 N–H and O–H groups in total. The number of nitrogens with zero attached hydrogens (tertiary/aromatic N) is 2. The molecular weight excluding hydrogens is 364 g/mol. The first-order valence-corrected chi connectivity index (χ1v) is 9.25. The molecule has 4 rings (SSSR count). The van der Waals surface area contributed by atoms with Gasteiger partial charge in [0.25, 0.3) is 11.7 Å². The predicted octanol–water partition coefficient (Wildman–Crippen LogP) is 3.38. The van der Waals surface area contributed by atoms with Crippen LogP contribution in [0.1, 0.15) is 15.9 Å². The van der Waals surface area contributed by atoms with Crippen molar-refractivity contribution in [3.8, 4) is 0 Å².